The minimum Gasteiger partial charge on any atom is -0.462 e. The van der Waals surface area contributed by atoms with Gasteiger partial charge >= 0.3 is 5.97 Å². The predicted molar refractivity (Wildman–Crippen MR) is 122 cm³/mol. The quantitative estimate of drug-likeness (QED) is 0.645. The number of rotatable bonds is 6. The van der Waals surface area contributed by atoms with E-state index in [0.717, 1.165) is 0 Å². The topological polar surface area (TPSA) is 122 Å². The van der Waals surface area contributed by atoms with Crippen LogP contribution in [0.5, 0.6) is 0 Å². The van der Waals surface area contributed by atoms with E-state index in [0.29, 0.717) is 35.5 Å². The number of piperidine rings is 1. The Balaban J connectivity index is 1.77. The van der Waals surface area contributed by atoms with Gasteiger partial charge in [0.15, 0.2) is 0 Å². The number of esters is 1. The zero-order valence-electron chi connectivity index (χ0n) is 19.2. The highest BCUT2D eigenvalue weighted by Gasteiger charge is 2.38. The average Bonchev–Trinajstić information content (AvgIpc) is 3.04. The van der Waals surface area contributed by atoms with Crippen molar-refractivity contribution in [3.8, 4) is 6.07 Å². The molecule has 2 heterocycles. The van der Waals surface area contributed by atoms with Crippen LogP contribution in [0.3, 0.4) is 0 Å². The summed E-state index contributed by atoms with van der Waals surface area (Å²) in [6.07, 6.45) is 0.700. The number of nitrogens with one attached hydrogen (secondary N) is 1. The Hall–Kier alpha value is -3.16. The summed E-state index contributed by atoms with van der Waals surface area (Å²) in [7, 11) is -2.25. The predicted octanol–water partition coefficient (Wildman–Crippen LogP) is 2.73. The first kappa shape index (κ1) is 24.5. The zero-order chi connectivity index (χ0) is 24.3. The van der Waals surface area contributed by atoms with Crippen molar-refractivity contribution in [2.75, 3.05) is 25.0 Å². The molecule has 1 amide bonds. The van der Waals surface area contributed by atoms with Crippen molar-refractivity contribution >= 4 is 27.6 Å². The summed E-state index contributed by atoms with van der Waals surface area (Å²) in [4.78, 5) is 25.2. The van der Waals surface area contributed by atoms with Gasteiger partial charge in [0.1, 0.15) is 10.5 Å². The van der Waals surface area contributed by atoms with Crippen LogP contribution in [-0.4, -0.2) is 48.9 Å². The van der Waals surface area contributed by atoms with Crippen molar-refractivity contribution in [1.29, 1.82) is 5.26 Å². The molecule has 0 aliphatic carbocycles. The zero-order valence-corrected chi connectivity index (χ0v) is 20.0. The molecule has 1 aromatic carbocycles. The van der Waals surface area contributed by atoms with E-state index in [-0.39, 0.29) is 42.0 Å². The van der Waals surface area contributed by atoms with Gasteiger partial charge in [-0.1, -0.05) is 6.07 Å². The van der Waals surface area contributed by atoms with Crippen LogP contribution in [0.2, 0.25) is 0 Å². The highest BCUT2D eigenvalue weighted by Crippen LogP contribution is 2.32. The molecule has 0 radical (unpaired) electrons. The normalized spacial score (nSPS) is 15.1. The molecule has 10 heteroatoms. The molecule has 9 nitrogen and oxygen atoms in total. The van der Waals surface area contributed by atoms with Crippen molar-refractivity contribution in [2.24, 2.45) is 13.0 Å². The summed E-state index contributed by atoms with van der Waals surface area (Å²) >= 11 is 0. The van der Waals surface area contributed by atoms with Crippen molar-refractivity contribution in [3.63, 3.8) is 0 Å². The van der Waals surface area contributed by atoms with Crippen molar-refractivity contribution in [2.45, 2.75) is 38.5 Å². The highest BCUT2D eigenvalue weighted by molar-refractivity contribution is 7.89. The third-order valence-electron chi connectivity index (χ3n) is 6.09. The molecule has 0 unspecified atom stereocenters. The molecule has 2 aromatic rings. The molecule has 3 rings (SSSR count). The van der Waals surface area contributed by atoms with E-state index in [2.05, 4.69) is 5.32 Å². The summed E-state index contributed by atoms with van der Waals surface area (Å²) in [5, 5.41) is 11.8. The molecular formula is C23H28N4O5S. The number of ether oxygens (including phenoxy) is 1. The van der Waals surface area contributed by atoms with E-state index in [9.17, 15) is 18.0 Å². The number of hydrogen-bond donors (Lipinski definition) is 1. The van der Waals surface area contributed by atoms with E-state index < -0.39 is 16.0 Å². The minimum absolute atomic E-state index is 0.0304. The molecule has 1 aromatic heterocycles. The Morgan fingerprint density at radius 1 is 1.21 bits per heavy atom. The van der Waals surface area contributed by atoms with Gasteiger partial charge in [0.05, 0.1) is 18.2 Å². The van der Waals surface area contributed by atoms with Gasteiger partial charge in [-0.25, -0.2) is 13.2 Å². The Bertz CT molecular complexity index is 1220. The second kappa shape index (κ2) is 9.77. The van der Waals surface area contributed by atoms with Crippen LogP contribution >= 0.6 is 0 Å². The van der Waals surface area contributed by atoms with Gasteiger partial charge in [-0.3, -0.25) is 4.79 Å². The molecule has 1 aliphatic heterocycles. The second-order valence-corrected chi connectivity index (χ2v) is 9.89. The van der Waals surface area contributed by atoms with Gasteiger partial charge in [-0.15, -0.1) is 0 Å². The Kier molecular flexibility index (Phi) is 7.25. The Labute approximate surface area is 194 Å². The molecule has 1 N–H and O–H groups in total. The smallest absolute Gasteiger partial charge is 0.341 e. The first-order chi connectivity index (χ1) is 15.6. The molecular weight excluding hydrogens is 444 g/mol. The fourth-order valence-corrected chi connectivity index (χ4v) is 6.02. The summed E-state index contributed by atoms with van der Waals surface area (Å²) in [5.74, 6) is -1.22. The maximum Gasteiger partial charge on any atom is 0.341 e. The number of hydrogen-bond acceptors (Lipinski definition) is 6. The minimum atomic E-state index is -3.96. The third-order valence-corrected chi connectivity index (χ3v) is 8.15. The number of nitriles is 1. The molecule has 0 saturated carbocycles. The van der Waals surface area contributed by atoms with Gasteiger partial charge in [0.25, 0.3) is 0 Å². The summed E-state index contributed by atoms with van der Waals surface area (Å²) in [6.45, 7) is 5.49. The number of carbonyl (C=O) groups is 2. The molecule has 33 heavy (non-hydrogen) atoms. The lowest BCUT2D eigenvalue weighted by molar-refractivity contribution is -0.120. The Morgan fingerprint density at radius 2 is 1.88 bits per heavy atom. The number of nitrogens with zero attached hydrogens (tertiary/aromatic N) is 3. The number of benzene rings is 1. The van der Waals surface area contributed by atoms with Crippen molar-refractivity contribution in [1.82, 2.24) is 8.87 Å². The number of sulfonamides is 1. The number of anilines is 1. The van der Waals surface area contributed by atoms with Crippen molar-refractivity contribution in [3.05, 3.63) is 46.8 Å². The van der Waals surface area contributed by atoms with Crippen LogP contribution in [0, 0.1) is 31.1 Å². The monoisotopic (exact) mass is 472 g/mol. The van der Waals surface area contributed by atoms with Gasteiger partial charge in [-0.2, -0.15) is 9.57 Å². The molecule has 1 fully saturated rings. The maximum atomic E-state index is 13.5. The van der Waals surface area contributed by atoms with Crippen LogP contribution in [-0.2, 0) is 26.6 Å². The van der Waals surface area contributed by atoms with Gasteiger partial charge < -0.3 is 14.6 Å². The standard InChI is InChI=1S/C23H28N4O5S/c1-5-32-23(29)20-15(2)26(4)16(3)21(20)33(30,31)27-11-9-18(10-12-27)22(28)25-19-8-6-7-17(13-19)14-24/h6-8,13,18H,5,9-12H2,1-4H3,(H,25,28). The number of carbonyl (C=O) groups excluding carboxylic acids is 2. The fraction of sp³-hybridized carbons (Fsp3) is 0.435. The first-order valence-electron chi connectivity index (χ1n) is 10.8. The summed E-state index contributed by atoms with van der Waals surface area (Å²) in [6, 6.07) is 8.66. The van der Waals surface area contributed by atoms with E-state index in [1.807, 2.05) is 6.07 Å². The number of aromatic nitrogens is 1. The van der Waals surface area contributed by atoms with E-state index in [1.165, 1.54) is 4.31 Å². The fourth-order valence-electron chi connectivity index (χ4n) is 4.07. The van der Waals surface area contributed by atoms with Crippen LogP contribution in [0.25, 0.3) is 0 Å². The van der Waals surface area contributed by atoms with Gasteiger partial charge in [0, 0.05) is 43.1 Å². The second-order valence-electron chi connectivity index (χ2n) is 8.01. The van der Waals surface area contributed by atoms with Crippen LogP contribution in [0.4, 0.5) is 5.69 Å². The van der Waals surface area contributed by atoms with Gasteiger partial charge in [-0.05, 0) is 51.8 Å². The van der Waals surface area contributed by atoms with Crippen LogP contribution in [0.15, 0.2) is 29.2 Å². The van der Waals surface area contributed by atoms with Crippen LogP contribution in [0.1, 0.15) is 47.1 Å². The molecule has 176 valence electrons. The summed E-state index contributed by atoms with van der Waals surface area (Å²) in [5.41, 5.74) is 2.03. The third kappa shape index (κ3) is 4.79. The maximum absolute atomic E-state index is 13.5. The largest absolute Gasteiger partial charge is 0.462 e. The van der Waals surface area contributed by atoms with E-state index in [4.69, 9.17) is 10.00 Å². The lowest BCUT2D eigenvalue weighted by Crippen LogP contribution is -2.41. The molecule has 1 aliphatic rings. The molecule has 0 bridgehead atoms. The lowest BCUT2D eigenvalue weighted by Gasteiger charge is -2.30. The van der Waals surface area contributed by atoms with E-state index >= 15 is 0 Å². The first-order valence-corrected chi connectivity index (χ1v) is 12.2. The highest BCUT2D eigenvalue weighted by atomic mass is 32.2. The lowest BCUT2D eigenvalue weighted by atomic mass is 9.97. The molecule has 0 spiro atoms. The Morgan fingerprint density at radius 3 is 2.48 bits per heavy atom. The van der Waals surface area contributed by atoms with Gasteiger partial charge in [0.2, 0.25) is 15.9 Å². The number of amides is 1. The van der Waals surface area contributed by atoms with Crippen molar-refractivity contribution < 1.29 is 22.7 Å². The average molecular weight is 473 g/mol. The molecule has 0 atom stereocenters. The van der Waals surface area contributed by atoms with Crippen LogP contribution < -0.4 is 5.32 Å². The molecule has 1 saturated heterocycles. The SMILES string of the molecule is CCOC(=O)c1c(S(=O)(=O)N2CCC(C(=O)Nc3cccc(C#N)c3)CC2)c(C)n(C)c1C. The summed E-state index contributed by atoms with van der Waals surface area (Å²) < 4.78 is 35.1. The van der Waals surface area contributed by atoms with E-state index in [1.54, 1.807) is 56.7 Å².